The third kappa shape index (κ3) is 2.28. The lowest BCUT2D eigenvalue weighted by Crippen LogP contribution is -2.49. The lowest BCUT2D eigenvalue weighted by atomic mass is 10.1. The molecule has 1 unspecified atom stereocenters. The summed E-state index contributed by atoms with van der Waals surface area (Å²) in [5.74, 6) is -0.0921. The van der Waals surface area contributed by atoms with Crippen LogP contribution in [0.1, 0.15) is 25.7 Å². The Kier molecular flexibility index (Phi) is 2.90. The number of β-amino-alcohol motifs (C(OH)–C–C–N with tert-alkyl or cyclic N) is 1. The number of rotatable bonds is 1. The van der Waals surface area contributed by atoms with Crippen molar-refractivity contribution in [2.75, 3.05) is 13.1 Å². The van der Waals surface area contributed by atoms with Crippen LogP contribution in [0.4, 0.5) is 0 Å². The monoisotopic (exact) mass is 212 g/mol. The van der Waals surface area contributed by atoms with Gasteiger partial charge in [-0.2, -0.15) is 0 Å². The molecule has 2 fully saturated rings. The van der Waals surface area contributed by atoms with E-state index in [9.17, 15) is 14.7 Å². The second-order valence-corrected chi connectivity index (χ2v) is 4.24. The van der Waals surface area contributed by atoms with Crippen molar-refractivity contribution in [3.05, 3.63) is 0 Å². The maximum absolute atomic E-state index is 11.9. The summed E-state index contributed by atoms with van der Waals surface area (Å²) < 4.78 is 0. The average molecular weight is 212 g/mol. The molecular formula is C10H16N2O3. The van der Waals surface area contributed by atoms with Gasteiger partial charge in [-0.25, -0.2) is 0 Å². The molecule has 2 aliphatic heterocycles. The van der Waals surface area contributed by atoms with Crippen LogP contribution < -0.4 is 5.32 Å². The number of hydrogen-bond acceptors (Lipinski definition) is 3. The largest absolute Gasteiger partial charge is 0.391 e. The van der Waals surface area contributed by atoms with Crippen molar-refractivity contribution in [3.8, 4) is 0 Å². The summed E-state index contributed by atoms with van der Waals surface area (Å²) in [4.78, 5) is 24.5. The van der Waals surface area contributed by atoms with E-state index in [1.165, 1.54) is 0 Å². The fourth-order valence-corrected chi connectivity index (χ4v) is 2.17. The van der Waals surface area contributed by atoms with E-state index in [1.807, 2.05) is 0 Å². The summed E-state index contributed by atoms with van der Waals surface area (Å²) in [6, 6.07) is -0.359. The number of likely N-dealkylation sites (tertiary alicyclic amines) is 1. The van der Waals surface area contributed by atoms with E-state index >= 15 is 0 Å². The van der Waals surface area contributed by atoms with Crippen molar-refractivity contribution in [2.45, 2.75) is 37.8 Å². The van der Waals surface area contributed by atoms with E-state index in [-0.39, 0.29) is 17.9 Å². The molecule has 2 saturated heterocycles. The average Bonchev–Trinajstić information content (AvgIpc) is 2.64. The SMILES string of the molecule is O=C1CCC(C(=O)N2CCC[C@H](O)C2)N1. The highest BCUT2D eigenvalue weighted by molar-refractivity contribution is 5.90. The Morgan fingerprint density at radius 3 is 2.87 bits per heavy atom. The van der Waals surface area contributed by atoms with Crippen molar-refractivity contribution in [1.29, 1.82) is 0 Å². The van der Waals surface area contributed by atoms with Crippen molar-refractivity contribution in [3.63, 3.8) is 0 Å². The summed E-state index contributed by atoms with van der Waals surface area (Å²) >= 11 is 0. The van der Waals surface area contributed by atoms with Crippen molar-refractivity contribution >= 4 is 11.8 Å². The Bertz CT molecular complexity index is 280. The Morgan fingerprint density at radius 2 is 2.27 bits per heavy atom. The van der Waals surface area contributed by atoms with Crippen LogP contribution in [-0.4, -0.2) is 47.1 Å². The van der Waals surface area contributed by atoms with Gasteiger partial charge in [0, 0.05) is 19.5 Å². The molecule has 2 N–H and O–H groups in total. The Hall–Kier alpha value is -1.10. The first-order valence-electron chi connectivity index (χ1n) is 5.43. The number of carbonyl (C=O) groups excluding carboxylic acids is 2. The summed E-state index contributed by atoms with van der Waals surface area (Å²) in [5, 5.41) is 12.1. The van der Waals surface area contributed by atoms with Crippen LogP contribution in [-0.2, 0) is 9.59 Å². The molecule has 0 aromatic rings. The van der Waals surface area contributed by atoms with Gasteiger partial charge in [-0.3, -0.25) is 9.59 Å². The number of aliphatic hydroxyl groups excluding tert-OH is 1. The number of nitrogens with one attached hydrogen (secondary N) is 1. The third-order valence-electron chi connectivity index (χ3n) is 3.00. The summed E-state index contributed by atoms with van der Waals surface area (Å²) in [7, 11) is 0. The molecule has 2 heterocycles. The highest BCUT2D eigenvalue weighted by Gasteiger charge is 2.32. The molecule has 0 saturated carbocycles. The predicted molar refractivity (Wildman–Crippen MR) is 53.0 cm³/mol. The lowest BCUT2D eigenvalue weighted by Gasteiger charge is -2.31. The van der Waals surface area contributed by atoms with E-state index in [0.717, 1.165) is 12.8 Å². The van der Waals surface area contributed by atoms with Gasteiger partial charge >= 0.3 is 0 Å². The molecule has 2 rings (SSSR count). The van der Waals surface area contributed by atoms with Gasteiger partial charge in [0.05, 0.1) is 6.10 Å². The number of amides is 2. The van der Waals surface area contributed by atoms with Crippen LogP contribution in [0.25, 0.3) is 0 Å². The molecule has 0 bridgehead atoms. The number of aliphatic hydroxyl groups is 1. The molecule has 0 aromatic carbocycles. The van der Waals surface area contributed by atoms with Crippen LogP contribution in [0.2, 0.25) is 0 Å². The Balaban J connectivity index is 1.92. The van der Waals surface area contributed by atoms with Crippen LogP contribution in [0.5, 0.6) is 0 Å². The van der Waals surface area contributed by atoms with Crippen molar-refractivity contribution in [2.24, 2.45) is 0 Å². The minimum absolute atomic E-state index is 0.0420. The smallest absolute Gasteiger partial charge is 0.245 e. The third-order valence-corrected chi connectivity index (χ3v) is 3.00. The fourth-order valence-electron chi connectivity index (χ4n) is 2.17. The van der Waals surface area contributed by atoms with Gasteiger partial charge in [0.1, 0.15) is 6.04 Å². The van der Waals surface area contributed by atoms with Gasteiger partial charge in [0.15, 0.2) is 0 Å². The quantitative estimate of drug-likeness (QED) is 0.601. The fraction of sp³-hybridized carbons (Fsp3) is 0.800. The van der Waals surface area contributed by atoms with Crippen LogP contribution in [0.15, 0.2) is 0 Å². The zero-order chi connectivity index (χ0) is 10.8. The highest BCUT2D eigenvalue weighted by Crippen LogP contribution is 2.15. The highest BCUT2D eigenvalue weighted by atomic mass is 16.3. The van der Waals surface area contributed by atoms with Crippen LogP contribution in [0, 0.1) is 0 Å². The van der Waals surface area contributed by atoms with Gasteiger partial charge in [-0.05, 0) is 19.3 Å². The predicted octanol–water partition coefficient (Wildman–Crippen LogP) is -0.752. The van der Waals surface area contributed by atoms with Gasteiger partial charge in [-0.15, -0.1) is 0 Å². The van der Waals surface area contributed by atoms with Crippen molar-refractivity contribution in [1.82, 2.24) is 10.2 Å². The van der Waals surface area contributed by atoms with E-state index in [4.69, 9.17) is 0 Å². The molecule has 0 spiro atoms. The zero-order valence-corrected chi connectivity index (χ0v) is 8.61. The summed E-state index contributed by atoms with van der Waals surface area (Å²) in [6.07, 6.45) is 2.23. The molecule has 15 heavy (non-hydrogen) atoms. The second kappa shape index (κ2) is 4.18. The number of hydrogen-bond donors (Lipinski definition) is 2. The number of piperidine rings is 1. The van der Waals surface area contributed by atoms with Crippen LogP contribution in [0.3, 0.4) is 0 Å². The molecule has 0 aromatic heterocycles. The Morgan fingerprint density at radius 1 is 1.47 bits per heavy atom. The van der Waals surface area contributed by atoms with Crippen LogP contribution >= 0.6 is 0 Å². The first-order valence-corrected chi connectivity index (χ1v) is 5.43. The molecule has 2 atom stereocenters. The van der Waals surface area contributed by atoms with Crippen molar-refractivity contribution < 1.29 is 14.7 Å². The second-order valence-electron chi connectivity index (χ2n) is 4.24. The first-order chi connectivity index (χ1) is 7.16. The molecule has 0 radical (unpaired) electrons. The topological polar surface area (TPSA) is 69.6 Å². The molecule has 2 amide bonds. The summed E-state index contributed by atoms with van der Waals surface area (Å²) in [5.41, 5.74) is 0. The van der Waals surface area contributed by atoms with Gasteiger partial charge < -0.3 is 15.3 Å². The van der Waals surface area contributed by atoms with E-state index in [1.54, 1.807) is 4.90 Å². The molecule has 84 valence electrons. The standard InChI is InChI=1S/C10H16N2O3/c13-7-2-1-5-12(6-7)10(15)8-3-4-9(14)11-8/h7-8,13H,1-6H2,(H,11,14)/t7-,8?/m0/s1. The Labute approximate surface area is 88.4 Å². The molecule has 2 aliphatic rings. The number of nitrogens with zero attached hydrogens (tertiary/aromatic N) is 1. The van der Waals surface area contributed by atoms with E-state index < -0.39 is 6.10 Å². The van der Waals surface area contributed by atoms with Gasteiger partial charge in [-0.1, -0.05) is 0 Å². The lowest BCUT2D eigenvalue weighted by molar-refractivity contribution is -0.137. The van der Waals surface area contributed by atoms with E-state index in [0.29, 0.717) is 25.9 Å². The first kappa shape index (κ1) is 10.4. The number of carbonyl (C=O) groups is 2. The van der Waals surface area contributed by atoms with E-state index in [2.05, 4.69) is 5.32 Å². The van der Waals surface area contributed by atoms with Gasteiger partial charge in [0.2, 0.25) is 11.8 Å². The minimum atomic E-state index is -0.403. The maximum atomic E-state index is 11.9. The maximum Gasteiger partial charge on any atom is 0.245 e. The molecule has 5 nitrogen and oxygen atoms in total. The molecule has 5 heteroatoms. The zero-order valence-electron chi connectivity index (χ0n) is 8.61. The van der Waals surface area contributed by atoms with Gasteiger partial charge in [0.25, 0.3) is 0 Å². The molecule has 0 aliphatic carbocycles. The summed E-state index contributed by atoms with van der Waals surface area (Å²) in [6.45, 7) is 1.10. The minimum Gasteiger partial charge on any atom is -0.391 e. The molecular weight excluding hydrogens is 196 g/mol. The normalized spacial score (nSPS) is 31.5.